The third-order valence-electron chi connectivity index (χ3n) is 3.33. The van der Waals surface area contributed by atoms with Crippen LogP contribution >= 0.6 is 0 Å². The summed E-state index contributed by atoms with van der Waals surface area (Å²) in [7, 11) is -3.40. The summed E-state index contributed by atoms with van der Waals surface area (Å²) < 4.78 is 24.4. The van der Waals surface area contributed by atoms with Gasteiger partial charge >= 0.3 is 0 Å². The average molecular weight is 318 g/mol. The zero-order valence-corrected chi connectivity index (χ0v) is 13.1. The number of allylic oxidation sites excluding steroid dienone is 1. The van der Waals surface area contributed by atoms with E-state index < -0.39 is 9.84 Å². The molecule has 0 radical (unpaired) electrons. The van der Waals surface area contributed by atoms with E-state index in [0.717, 1.165) is 5.71 Å². The van der Waals surface area contributed by atoms with Gasteiger partial charge in [-0.2, -0.15) is 5.10 Å². The SMILES string of the molecule is C=CCS(=O)(=O)c1ccccc1C=CC1=NNC(=O)CC1C. The molecule has 1 aromatic rings. The summed E-state index contributed by atoms with van der Waals surface area (Å²) in [6.07, 6.45) is 5.20. The van der Waals surface area contributed by atoms with Crippen LogP contribution in [-0.2, 0) is 14.6 Å². The maximum Gasteiger partial charge on any atom is 0.240 e. The lowest BCUT2D eigenvalue weighted by molar-refractivity contribution is -0.121. The number of carbonyl (C=O) groups excluding carboxylic acids is 1. The molecule has 1 atom stereocenters. The van der Waals surface area contributed by atoms with E-state index in [4.69, 9.17) is 0 Å². The summed E-state index contributed by atoms with van der Waals surface area (Å²) >= 11 is 0. The molecule has 0 saturated heterocycles. The third kappa shape index (κ3) is 3.71. The molecule has 0 aliphatic carbocycles. The van der Waals surface area contributed by atoms with Gasteiger partial charge in [-0.15, -0.1) is 6.58 Å². The van der Waals surface area contributed by atoms with Gasteiger partial charge in [0.25, 0.3) is 0 Å². The molecule has 1 aliphatic heterocycles. The molecule has 1 N–H and O–H groups in total. The second kappa shape index (κ2) is 6.70. The number of rotatable bonds is 5. The van der Waals surface area contributed by atoms with Crippen molar-refractivity contribution in [1.82, 2.24) is 5.43 Å². The van der Waals surface area contributed by atoms with Crippen molar-refractivity contribution in [2.45, 2.75) is 18.2 Å². The number of nitrogens with zero attached hydrogens (tertiary/aromatic N) is 1. The molecule has 1 unspecified atom stereocenters. The first-order chi connectivity index (χ1) is 10.4. The number of benzene rings is 1. The van der Waals surface area contributed by atoms with Gasteiger partial charge in [0, 0.05) is 12.3 Å². The van der Waals surface area contributed by atoms with Crippen LogP contribution in [0.2, 0.25) is 0 Å². The number of sulfone groups is 1. The van der Waals surface area contributed by atoms with E-state index in [1.54, 1.807) is 36.4 Å². The van der Waals surface area contributed by atoms with Gasteiger partial charge in [-0.1, -0.05) is 37.3 Å². The van der Waals surface area contributed by atoms with E-state index in [9.17, 15) is 13.2 Å². The molecule has 6 heteroatoms. The molecule has 1 aliphatic rings. The van der Waals surface area contributed by atoms with E-state index >= 15 is 0 Å². The van der Waals surface area contributed by atoms with Crippen LogP contribution in [0.5, 0.6) is 0 Å². The van der Waals surface area contributed by atoms with Gasteiger partial charge in [-0.3, -0.25) is 4.79 Å². The normalized spacial score (nSPS) is 18.9. The van der Waals surface area contributed by atoms with Crippen molar-refractivity contribution in [2.24, 2.45) is 11.0 Å². The zero-order valence-electron chi connectivity index (χ0n) is 12.3. The molecule has 0 bridgehead atoms. The Labute approximate surface area is 130 Å². The second-order valence-electron chi connectivity index (χ2n) is 5.12. The van der Waals surface area contributed by atoms with E-state index in [1.165, 1.54) is 6.08 Å². The van der Waals surface area contributed by atoms with E-state index in [2.05, 4.69) is 17.1 Å². The summed E-state index contributed by atoms with van der Waals surface area (Å²) in [6, 6.07) is 6.78. The largest absolute Gasteiger partial charge is 0.273 e. The molecule has 0 saturated carbocycles. The number of hydrazone groups is 1. The van der Waals surface area contributed by atoms with E-state index in [1.807, 2.05) is 6.92 Å². The highest BCUT2D eigenvalue weighted by Gasteiger charge is 2.19. The van der Waals surface area contributed by atoms with Crippen molar-refractivity contribution >= 4 is 27.5 Å². The summed E-state index contributed by atoms with van der Waals surface area (Å²) in [6.45, 7) is 5.39. The summed E-state index contributed by atoms with van der Waals surface area (Å²) in [5, 5.41) is 4.00. The summed E-state index contributed by atoms with van der Waals surface area (Å²) in [4.78, 5) is 11.5. The van der Waals surface area contributed by atoms with Crippen molar-refractivity contribution < 1.29 is 13.2 Å². The molecule has 116 valence electrons. The first-order valence-corrected chi connectivity index (χ1v) is 8.56. The van der Waals surface area contributed by atoms with Crippen LogP contribution in [0.1, 0.15) is 18.9 Å². The fourth-order valence-electron chi connectivity index (χ4n) is 2.19. The van der Waals surface area contributed by atoms with E-state index in [0.29, 0.717) is 12.0 Å². The Hall–Kier alpha value is -2.21. The minimum Gasteiger partial charge on any atom is -0.273 e. The first kappa shape index (κ1) is 16.2. The lowest BCUT2D eigenvalue weighted by Crippen LogP contribution is -2.30. The van der Waals surface area contributed by atoms with E-state index in [-0.39, 0.29) is 22.5 Å². The predicted octanol–water partition coefficient (Wildman–Crippen LogP) is 2.17. The highest BCUT2D eigenvalue weighted by Crippen LogP contribution is 2.20. The highest BCUT2D eigenvalue weighted by atomic mass is 32.2. The summed E-state index contributed by atoms with van der Waals surface area (Å²) in [5.41, 5.74) is 3.74. The van der Waals surface area contributed by atoms with Gasteiger partial charge in [0.05, 0.1) is 16.4 Å². The number of nitrogens with one attached hydrogen (secondary N) is 1. The Kier molecular flexibility index (Phi) is 4.92. The van der Waals surface area contributed by atoms with Crippen molar-refractivity contribution in [1.29, 1.82) is 0 Å². The maximum atomic E-state index is 12.2. The van der Waals surface area contributed by atoms with Crippen LogP contribution in [0.4, 0.5) is 0 Å². The fraction of sp³-hybridized carbons (Fsp3) is 0.250. The Morgan fingerprint density at radius 2 is 2.09 bits per heavy atom. The van der Waals surface area contributed by atoms with Crippen LogP contribution in [-0.4, -0.2) is 25.8 Å². The Bertz CT molecular complexity index is 748. The van der Waals surface area contributed by atoms with Gasteiger partial charge in [-0.25, -0.2) is 13.8 Å². The predicted molar refractivity (Wildman–Crippen MR) is 87.1 cm³/mol. The molecule has 5 nitrogen and oxygen atoms in total. The maximum absolute atomic E-state index is 12.2. The molecule has 2 rings (SSSR count). The van der Waals surface area contributed by atoms with Gasteiger partial charge in [0.1, 0.15) is 0 Å². The smallest absolute Gasteiger partial charge is 0.240 e. The second-order valence-corrected chi connectivity index (χ2v) is 7.12. The van der Waals surface area contributed by atoms with Crippen LogP contribution in [0.3, 0.4) is 0 Å². The summed E-state index contributed by atoms with van der Waals surface area (Å²) in [5.74, 6) is -0.216. The topological polar surface area (TPSA) is 75.6 Å². The molecule has 22 heavy (non-hydrogen) atoms. The lowest BCUT2D eigenvalue weighted by atomic mass is 9.99. The molecule has 1 amide bonds. The molecule has 0 aromatic heterocycles. The molecule has 0 spiro atoms. The first-order valence-electron chi connectivity index (χ1n) is 6.91. The van der Waals surface area contributed by atoms with Gasteiger partial charge < -0.3 is 0 Å². The standard InChI is InChI=1S/C16H18N2O3S/c1-3-10-22(20,21)15-7-5-4-6-13(15)8-9-14-12(2)11-16(19)18-17-14/h3-9,12H,1,10-11H2,2H3,(H,18,19). The van der Waals surface area contributed by atoms with Crippen molar-refractivity contribution in [3.63, 3.8) is 0 Å². The lowest BCUT2D eigenvalue weighted by Gasteiger charge is -2.16. The van der Waals surface area contributed by atoms with Crippen molar-refractivity contribution in [3.05, 3.63) is 48.6 Å². The monoisotopic (exact) mass is 318 g/mol. The highest BCUT2D eigenvalue weighted by molar-refractivity contribution is 7.91. The molecular formula is C16H18N2O3S. The quantitative estimate of drug-likeness (QED) is 0.845. The Balaban J connectivity index is 2.33. The fourth-order valence-corrected chi connectivity index (χ4v) is 3.46. The Morgan fingerprint density at radius 1 is 1.36 bits per heavy atom. The number of carbonyl (C=O) groups is 1. The van der Waals surface area contributed by atoms with Gasteiger partial charge in [0.2, 0.25) is 5.91 Å². The number of hydrogen-bond donors (Lipinski definition) is 1. The molecular weight excluding hydrogens is 300 g/mol. The number of hydrogen-bond acceptors (Lipinski definition) is 4. The van der Waals surface area contributed by atoms with Crippen LogP contribution in [0.15, 0.2) is 53.0 Å². The minimum absolute atomic E-state index is 0.00180. The zero-order chi connectivity index (χ0) is 16.2. The van der Waals surface area contributed by atoms with Crippen molar-refractivity contribution in [2.75, 3.05) is 5.75 Å². The Morgan fingerprint density at radius 3 is 2.77 bits per heavy atom. The molecule has 1 aromatic carbocycles. The average Bonchev–Trinajstić information content (AvgIpc) is 2.46. The van der Waals surface area contributed by atoms with Gasteiger partial charge in [0.15, 0.2) is 9.84 Å². The van der Waals surface area contributed by atoms with Gasteiger partial charge in [-0.05, 0) is 17.7 Å². The third-order valence-corrected chi connectivity index (χ3v) is 5.05. The minimum atomic E-state index is -3.40. The van der Waals surface area contributed by atoms with Crippen LogP contribution in [0.25, 0.3) is 6.08 Å². The molecule has 0 fully saturated rings. The number of amides is 1. The van der Waals surface area contributed by atoms with Crippen LogP contribution < -0.4 is 5.43 Å². The molecule has 1 heterocycles. The van der Waals surface area contributed by atoms with Crippen molar-refractivity contribution in [3.8, 4) is 0 Å². The van der Waals surface area contributed by atoms with Crippen LogP contribution in [0, 0.1) is 5.92 Å².